The third-order valence-electron chi connectivity index (χ3n) is 3.50. The van der Waals surface area contributed by atoms with Crippen LogP contribution in [-0.2, 0) is 0 Å². The van der Waals surface area contributed by atoms with Crippen molar-refractivity contribution in [1.29, 1.82) is 0 Å². The van der Waals surface area contributed by atoms with E-state index < -0.39 is 0 Å². The Hall–Kier alpha value is -1.13. The molecule has 0 aliphatic carbocycles. The van der Waals surface area contributed by atoms with Crippen LogP contribution in [0.2, 0.25) is 0 Å². The van der Waals surface area contributed by atoms with Crippen molar-refractivity contribution in [3.05, 3.63) is 29.6 Å². The van der Waals surface area contributed by atoms with Crippen LogP contribution >= 0.6 is 0 Å². The van der Waals surface area contributed by atoms with Gasteiger partial charge >= 0.3 is 0 Å². The van der Waals surface area contributed by atoms with E-state index in [-0.39, 0.29) is 17.6 Å². The van der Waals surface area contributed by atoms with Gasteiger partial charge in [-0.15, -0.1) is 0 Å². The van der Waals surface area contributed by atoms with Crippen molar-refractivity contribution in [3.63, 3.8) is 0 Å². The molecule has 102 valence electrons. The van der Waals surface area contributed by atoms with Crippen LogP contribution in [0.1, 0.15) is 44.7 Å². The molecule has 1 rings (SSSR count). The average Bonchev–Trinajstić information content (AvgIpc) is 2.41. The first-order valence-corrected chi connectivity index (χ1v) is 6.45. The summed E-state index contributed by atoms with van der Waals surface area (Å²) < 4.78 is 18.3. The number of hydrogen-bond donors (Lipinski definition) is 2. The molecular weight excluding hydrogens is 231 g/mol. The van der Waals surface area contributed by atoms with Gasteiger partial charge in [0.1, 0.15) is 0 Å². The van der Waals surface area contributed by atoms with Gasteiger partial charge in [0.15, 0.2) is 11.6 Å². The van der Waals surface area contributed by atoms with Crippen LogP contribution in [0.3, 0.4) is 0 Å². The summed E-state index contributed by atoms with van der Waals surface area (Å²) in [4.78, 5) is 0. The fourth-order valence-corrected chi connectivity index (χ4v) is 2.15. The highest BCUT2D eigenvalue weighted by Crippen LogP contribution is 2.28. The second-order valence-corrected chi connectivity index (χ2v) is 4.53. The van der Waals surface area contributed by atoms with Gasteiger partial charge in [0.05, 0.1) is 7.11 Å². The summed E-state index contributed by atoms with van der Waals surface area (Å²) in [5.41, 5.74) is 3.77. The molecule has 0 heterocycles. The normalized spacial score (nSPS) is 12.8. The molecular formula is C14H23FN2O. The van der Waals surface area contributed by atoms with Crippen LogP contribution in [0.15, 0.2) is 18.2 Å². The minimum absolute atomic E-state index is 0.0319. The van der Waals surface area contributed by atoms with Gasteiger partial charge in [0.2, 0.25) is 0 Å². The highest BCUT2D eigenvalue weighted by molar-refractivity contribution is 5.32. The second kappa shape index (κ2) is 7.34. The number of benzene rings is 1. The number of hydrogen-bond acceptors (Lipinski definition) is 3. The van der Waals surface area contributed by atoms with E-state index in [1.165, 1.54) is 13.2 Å². The van der Waals surface area contributed by atoms with Gasteiger partial charge in [-0.05, 0) is 30.0 Å². The first kappa shape index (κ1) is 14.9. The number of hydrazine groups is 1. The molecule has 0 aliphatic heterocycles. The number of nitrogens with two attached hydrogens (primary N) is 1. The van der Waals surface area contributed by atoms with Gasteiger partial charge in [-0.3, -0.25) is 11.3 Å². The van der Waals surface area contributed by atoms with Gasteiger partial charge < -0.3 is 4.74 Å². The third-order valence-corrected chi connectivity index (χ3v) is 3.50. The van der Waals surface area contributed by atoms with E-state index >= 15 is 0 Å². The Bertz CT molecular complexity index is 367. The minimum atomic E-state index is -0.348. The van der Waals surface area contributed by atoms with Crippen LogP contribution in [0.5, 0.6) is 5.75 Å². The SMILES string of the molecule is CCC(CC)CC(NN)c1ccc(F)c(OC)c1. The van der Waals surface area contributed by atoms with E-state index in [1.807, 2.05) is 0 Å². The molecule has 0 radical (unpaired) electrons. The average molecular weight is 254 g/mol. The predicted octanol–water partition coefficient (Wildman–Crippen LogP) is 3.17. The van der Waals surface area contributed by atoms with E-state index in [2.05, 4.69) is 19.3 Å². The van der Waals surface area contributed by atoms with Crippen molar-refractivity contribution in [3.8, 4) is 5.75 Å². The van der Waals surface area contributed by atoms with Gasteiger partial charge in [-0.1, -0.05) is 32.8 Å². The molecule has 0 saturated heterocycles. The standard InChI is InChI=1S/C14H23FN2O/c1-4-10(5-2)8-13(17-16)11-6-7-12(15)14(9-11)18-3/h6-7,9-10,13,17H,4-5,8,16H2,1-3H3. The summed E-state index contributed by atoms with van der Waals surface area (Å²) in [7, 11) is 1.47. The molecule has 0 aromatic heterocycles. The quantitative estimate of drug-likeness (QED) is 0.580. The molecule has 1 atom stereocenters. The molecule has 0 bridgehead atoms. The van der Waals surface area contributed by atoms with Crippen molar-refractivity contribution in [1.82, 2.24) is 5.43 Å². The second-order valence-electron chi connectivity index (χ2n) is 4.53. The van der Waals surface area contributed by atoms with Crippen LogP contribution in [0.25, 0.3) is 0 Å². The molecule has 1 aromatic rings. The lowest BCUT2D eigenvalue weighted by molar-refractivity contribution is 0.367. The summed E-state index contributed by atoms with van der Waals surface area (Å²) in [5, 5.41) is 0. The van der Waals surface area contributed by atoms with Crippen LogP contribution < -0.4 is 16.0 Å². The zero-order valence-electron chi connectivity index (χ0n) is 11.4. The number of nitrogens with one attached hydrogen (secondary N) is 1. The lowest BCUT2D eigenvalue weighted by Gasteiger charge is -2.22. The van der Waals surface area contributed by atoms with Crippen LogP contribution in [0, 0.1) is 11.7 Å². The van der Waals surface area contributed by atoms with Crippen molar-refractivity contribution >= 4 is 0 Å². The molecule has 4 heteroatoms. The third kappa shape index (κ3) is 3.68. The first-order valence-electron chi connectivity index (χ1n) is 6.45. The fourth-order valence-electron chi connectivity index (χ4n) is 2.15. The van der Waals surface area contributed by atoms with Gasteiger partial charge in [0.25, 0.3) is 0 Å². The Kier molecular flexibility index (Phi) is 6.09. The number of rotatable bonds is 7. The number of methoxy groups -OCH3 is 1. The number of ether oxygens (including phenoxy) is 1. The lowest BCUT2D eigenvalue weighted by atomic mass is 9.91. The van der Waals surface area contributed by atoms with Crippen LogP contribution in [0.4, 0.5) is 4.39 Å². The predicted molar refractivity (Wildman–Crippen MR) is 71.7 cm³/mol. The topological polar surface area (TPSA) is 47.3 Å². The zero-order valence-corrected chi connectivity index (χ0v) is 11.4. The summed E-state index contributed by atoms with van der Waals surface area (Å²) in [6.45, 7) is 4.35. The Morgan fingerprint density at radius 1 is 1.33 bits per heavy atom. The maximum atomic E-state index is 13.4. The summed E-state index contributed by atoms with van der Waals surface area (Å²) >= 11 is 0. The summed E-state index contributed by atoms with van der Waals surface area (Å²) in [5.74, 6) is 6.13. The van der Waals surface area contributed by atoms with Gasteiger partial charge in [-0.25, -0.2) is 4.39 Å². The molecule has 3 nitrogen and oxygen atoms in total. The molecule has 0 saturated carbocycles. The maximum Gasteiger partial charge on any atom is 0.165 e. The van der Waals surface area contributed by atoms with Crippen molar-refractivity contribution < 1.29 is 9.13 Å². The molecule has 3 N–H and O–H groups in total. The monoisotopic (exact) mass is 254 g/mol. The van der Waals surface area contributed by atoms with E-state index in [0.717, 1.165) is 24.8 Å². The maximum absolute atomic E-state index is 13.4. The lowest BCUT2D eigenvalue weighted by Crippen LogP contribution is -2.29. The van der Waals surface area contributed by atoms with E-state index in [1.54, 1.807) is 12.1 Å². The smallest absolute Gasteiger partial charge is 0.165 e. The fraction of sp³-hybridized carbons (Fsp3) is 0.571. The molecule has 0 spiro atoms. The van der Waals surface area contributed by atoms with E-state index in [0.29, 0.717) is 5.92 Å². The Morgan fingerprint density at radius 3 is 2.50 bits per heavy atom. The van der Waals surface area contributed by atoms with E-state index in [4.69, 9.17) is 10.6 Å². The van der Waals surface area contributed by atoms with Crippen molar-refractivity contribution in [2.24, 2.45) is 11.8 Å². The molecule has 1 unspecified atom stereocenters. The molecule has 0 fully saturated rings. The molecule has 0 amide bonds. The van der Waals surface area contributed by atoms with Crippen LogP contribution in [-0.4, -0.2) is 7.11 Å². The molecule has 18 heavy (non-hydrogen) atoms. The zero-order chi connectivity index (χ0) is 13.5. The van der Waals surface area contributed by atoms with E-state index in [9.17, 15) is 4.39 Å². The molecule has 0 aliphatic rings. The highest BCUT2D eigenvalue weighted by Gasteiger charge is 2.16. The largest absolute Gasteiger partial charge is 0.494 e. The number of halogens is 1. The van der Waals surface area contributed by atoms with Crippen molar-refractivity contribution in [2.45, 2.75) is 39.2 Å². The Balaban J connectivity index is 2.87. The van der Waals surface area contributed by atoms with Crippen molar-refractivity contribution in [2.75, 3.05) is 7.11 Å². The Labute approximate surface area is 108 Å². The Morgan fingerprint density at radius 2 is 2.00 bits per heavy atom. The summed E-state index contributed by atoms with van der Waals surface area (Å²) in [6.07, 6.45) is 3.18. The molecule has 1 aromatic carbocycles. The minimum Gasteiger partial charge on any atom is -0.494 e. The summed E-state index contributed by atoms with van der Waals surface area (Å²) in [6, 6.07) is 4.92. The van der Waals surface area contributed by atoms with Gasteiger partial charge in [-0.2, -0.15) is 0 Å². The first-order chi connectivity index (χ1) is 8.65. The van der Waals surface area contributed by atoms with Gasteiger partial charge in [0, 0.05) is 6.04 Å². The highest BCUT2D eigenvalue weighted by atomic mass is 19.1.